The van der Waals surface area contributed by atoms with E-state index < -0.39 is 5.60 Å². The predicted molar refractivity (Wildman–Crippen MR) is 58.9 cm³/mol. The fourth-order valence-electron chi connectivity index (χ4n) is 1.77. The van der Waals surface area contributed by atoms with Crippen molar-refractivity contribution in [1.82, 2.24) is 15.1 Å². The summed E-state index contributed by atoms with van der Waals surface area (Å²) in [7, 11) is 1.93. The maximum absolute atomic E-state index is 9.66. The molecule has 0 amide bonds. The summed E-state index contributed by atoms with van der Waals surface area (Å²) in [5.41, 5.74) is -0.700. The Balaban J connectivity index is 1.87. The highest BCUT2D eigenvalue weighted by molar-refractivity contribution is 5.00. The third kappa shape index (κ3) is 3.28. The third-order valence-corrected chi connectivity index (χ3v) is 2.47. The molecule has 1 saturated carbocycles. The molecule has 5 heteroatoms. The van der Waals surface area contributed by atoms with Crippen LogP contribution in [0, 0.1) is 0 Å². The molecule has 1 aromatic rings. The molecule has 1 heterocycles. The number of nitrogens with zero attached hydrogens (tertiary/aromatic N) is 3. The molecule has 0 unspecified atom stereocenters. The van der Waals surface area contributed by atoms with Gasteiger partial charge >= 0.3 is 0 Å². The van der Waals surface area contributed by atoms with Crippen LogP contribution in [0.4, 0.5) is 0 Å². The number of likely N-dealkylation sites (N-methyl/N-ethyl adjacent to an activating group) is 1. The minimum absolute atomic E-state index is 0.501. The Morgan fingerprint density at radius 2 is 2.12 bits per heavy atom. The van der Waals surface area contributed by atoms with Crippen molar-refractivity contribution in [2.24, 2.45) is 0 Å². The van der Waals surface area contributed by atoms with Crippen molar-refractivity contribution in [3.8, 4) is 0 Å². The van der Waals surface area contributed by atoms with E-state index in [-0.39, 0.29) is 0 Å². The molecule has 0 spiro atoms. The molecule has 0 aromatic carbocycles. The van der Waals surface area contributed by atoms with Crippen LogP contribution in [0.25, 0.3) is 0 Å². The second-order valence-electron chi connectivity index (χ2n) is 5.29. The summed E-state index contributed by atoms with van der Waals surface area (Å²) in [4.78, 5) is 1.98. The summed E-state index contributed by atoms with van der Waals surface area (Å²) in [6.45, 7) is 4.73. The average molecular weight is 225 g/mol. The zero-order chi connectivity index (χ0) is 11.8. The van der Waals surface area contributed by atoms with Crippen LogP contribution in [0.15, 0.2) is 4.42 Å². The van der Waals surface area contributed by atoms with E-state index in [9.17, 15) is 5.11 Å². The fraction of sp³-hybridized carbons (Fsp3) is 0.818. The summed E-state index contributed by atoms with van der Waals surface area (Å²) in [5.74, 6) is 1.90. The fourth-order valence-corrected chi connectivity index (χ4v) is 1.77. The third-order valence-electron chi connectivity index (χ3n) is 2.47. The SMILES string of the molecule is CN(Cc1nnc(C2CC2)o1)CC(C)(C)O. The molecule has 5 nitrogen and oxygen atoms in total. The van der Waals surface area contributed by atoms with Gasteiger partial charge in [-0.3, -0.25) is 4.90 Å². The van der Waals surface area contributed by atoms with Gasteiger partial charge < -0.3 is 9.52 Å². The van der Waals surface area contributed by atoms with Crippen molar-refractivity contribution >= 4 is 0 Å². The summed E-state index contributed by atoms with van der Waals surface area (Å²) in [6, 6.07) is 0. The second kappa shape index (κ2) is 4.14. The van der Waals surface area contributed by atoms with Gasteiger partial charge in [-0.15, -0.1) is 10.2 Å². The number of hydrogen-bond donors (Lipinski definition) is 1. The van der Waals surface area contributed by atoms with E-state index in [4.69, 9.17) is 4.42 Å². The highest BCUT2D eigenvalue weighted by atomic mass is 16.4. The average Bonchev–Trinajstić information content (AvgIpc) is 2.85. The Bertz CT molecular complexity index is 352. The molecule has 0 radical (unpaired) electrons. The standard InChI is InChI=1S/C11H19N3O2/c1-11(2,15)7-14(3)6-9-12-13-10(16-9)8-4-5-8/h8,15H,4-7H2,1-3H3. The lowest BCUT2D eigenvalue weighted by atomic mass is 10.1. The summed E-state index contributed by atoms with van der Waals surface area (Å²) in [6.07, 6.45) is 2.34. The molecule has 2 rings (SSSR count). The Hall–Kier alpha value is -0.940. The molecule has 1 N–H and O–H groups in total. The molecule has 0 saturated heterocycles. The molecule has 16 heavy (non-hydrogen) atoms. The van der Waals surface area contributed by atoms with Gasteiger partial charge in [0.25, 0.3) is 0 Å². The van der Waals surface area contributed by atoms with E-state index in [1.807, 2.05) is 11.9 Å². The van der Waals surface area contributed by atoms with Gasteiger partial charge in [0, 0.05) is 12.5 Å². The first kappa shape index (κ1) is 11.5. The Labute approximate surface area is 95.5 Å². The topological polar surface area (TPSA) is 62.4 Å². The first-order valence-electron chi connectivity index (χ1n) is 5.67. The van der Waals surface area contributed by atoms with Crippen molar-refractivity contribution < 1.29 is 9.52 Å². The van der Waals surface area contributed by atoms with Crippen LogP contribution in [0.1, 0.15) is 44.4 Å². The van der Waals surface area contributed by atoms with Crippen molar-refractivity contribution in [2.45, 2.75) is 44.8 Å². The van der Waals surface area contributed by atoms with Crippen LogP contribution in [-0.4, -0.2) is 39.4 Å². The lowest BCUT2D eigenvalue weighted by Crippen LogP contribution is -2.35. The summed E-state index contributed by atoms with van der Waals surface area (Å²) < 4.78 is 5.55. The number of aliphatic hydroxyl groups is 1. The highest BCUT2D eigenvalue weighted by Crippen LogP contribution is 2.39. The minimum atomic E-state index is -0.700. The van der Waals surface area contributed by atoms with Crippen LogP contribution in [0.2, 0.25) is 0 Å². The van der Waals surface area contributed by atoms with E-state index in [1.165, 1.54) is 12.8 Å². The predicted octanol–water partition coefficient (Wildman–Crippen LogP) is 1.15. The molecular weight excluding hydrogens is 206 g/mol. The van der Waals surface area contributed by atoms with E-state index >= 15 is 0 Å². The van der Waals surface area contributed by atoms with Gasteiger partial charge in [0.2, 0.25) is 11.8 Å². The van der Waals surface area contributed by atoms with E-state index in [0.717, 1.165) is 5.89 Å². The molecule has 90 valence electrons. The normalized spacial score (nSPS) is 17.1. The Kier molecular flexibility index (Phi) is 2.99. The maximum atomic E-state index is 9.66. The highest BCUT2D eigenvalue weighted by Gasteiger charge is 2.29. The summed E-state index contributed by atoms with van der Waals surface area (Å²) >= 11 is 0. The van der Waals surface area contributed by atoms with Crippen LogP contribution < -0.4 is 0 Å². The quantitative estimate of drug-likeness (QED) is 0.814. The first-order chi connectivity index (χ1) is 7.44. The Morgan fingerprint density at radius 1 is 1.44 bits per heavy atom. The van der Waals surface area contributed by atoms with E-state index in [0.29, 0.717) is 24.9 Å². The van der Waals surface area contributed by atoms with Gasteiger partial charge in [0.1, 0.15) is 0 Å². The van der Waals surface area contributed by atoms with Gasteiger partial charge in [-0.2, -0.15) is 0 Å². The van der Waals surface area contributed by atoms with Gasteiger partial charge in [-0.05, 0) is 33.7 Å². The van der Waals surface area contributed by atoms with E-state index in [2.05, 4.69) is 10.2 Å². The monoisotopic (exact) mass is 225 g/mol. The molecule has 1 aliphatic rings. The molecule has 1 aromatic heterocycles. The molecule has 0 bridgehead atoms. The van der Waals surface area contributed by atoms with Crippen LogP contribution in [0.5, 0.6) is 0 Å². The van der Waals surface area contributed by atoms with Gasteiger partial charge in [-0.1, -0.05) is 0 Å². The second-order valence-corrected chi connectivity index (χ2v) is 5.29. The lowest BCUT2D eigenvalue weighted by Gasteiger charge is -2.23. The molecule has 1 fully saturated rings. The molecular formula is C11H19N3O2. The lowest BCUT2D eigenvalue weighted by molar-refractivity contribution is 0.0402. The van der Waals surface area contributed by atoms with Crippen LogP contribution >= 0.6 is 0 Å². The maximum Gasteiger partial charge on any atom is 0.230 e. The van der Waals surface area contributed by atoms with Crippen molar-refractivity contribution in [3.05, 3.63) is 11.8 Å². The van der Waals surface area contributed by atoms with Crippen LogP contribution in [0.3, 0.4) is 0 Å². The van der Waals surface area contributed by atoms with Crippen molar-refractivity contribution in [2.75, 3.05) is 13.6 Å². The zero-order valence-electron chi connectivity index (χ0n) is 10.1. The molecule has 1 aliphatic carbocycles. The summed E-state index contributed by atoms with van der Waals surface area (Å²) in [5, 5.41) is 17.7. The molecule has 0 aliphatic heterocycles. The van der Waals surface area contributed by atoms with Crippen LogP contribution in [-0.2, 0) is 6.54 Å². The van der Waals surface area contributed by atoms with Crippen molar-refractivity contribution in [3.63, 3.8) is 0 Å². The first-order valence-corrected chi connectivity index (χ1v) is 5.67. The van der Waals surface area contributed by atoms with E-state index in [1.54, 1.807) is 13.8 Å². The zero-order valence-corrected chi connectivity index (χ0v) is 10.1. The van der Waals surface area contributed by atoms with Crippen molar-refractivity contribution in [1.29, 1.82) is 0 Å². The van der Waals surface area contributed by atoms with Gasteiger partial charge in [0.15, 0.2) is 0 Å². The number of rotatable bonds is 5. The van der Waals surface area contributed by atoms with Gasteiger partial charge in [-0.25, -0.2) is 0 Å². The minimum Gasteiger partial charge on any atom is -0.424 e. The number of hydrogen-bond acceptors (Lipinski definition) is 5. The largest absolute Gasteiger partial charge is 0.424 e. The number of aromatic nitrogens is 2. The smallest absolute Gasteiger partial charge is 0.230 e. The molecule has 0 atom stereocenters. The Morgan fingerprint density at radius 3 is 2.69 bits per heavy atom. The van der Waals surface area contributed by atoms with Gasteiger partial charge in [0.05, 0.1) is 12.1 Å².